The fourth-order valence-electron chi connectivity index (χ4n) is 3.17. The van der Waals surface area contributed by atoms with Gasteiger partial charge in [0.1, 0.15) is 0 Å². The Morgan fingerprint density at radius 1 is 1.14 bits per heavy atom. The van der Waals surface area contributed by atoms with Gasteiger partial charge in [-0.3, -0.25) is 4.79 Å². The van der Waals surface area contributed by atoms with Crippen LogP contribution < -0.4 is 10.0 Å². The minimum Gasteiger partial charge on any atom is -0.352 e. The average molecular weight is 324 g/mol. The van der Waals surface area contributed by atoms with Gasteiger partial charge >= 0.3 is 0 Å². The first-order valence-electron chi connectivity index (χ1n) is 7.66. The van der Waals surface area contributed by atoms with E-state index in [1.165, 1.54) is 0 Å². The predicted octanol–water partition coefficient (Wildman–Crippen LogP) is 1.95. The second-order valence-corrected chi connectivity index (χ2v) is 7.81. The van der Waals surface area contributed by atoms with Crippen molar-refractivity contribution in [2.75, 3.05) is 6.54 Å². The molecule has 0 aromatic heterocycles. The van der Waals surface area contributed by atoms with E-state index < -0.39 is 10.0 Å². The van der Waals surface area contributed by atoms with Gasteiger partial charge < -0.3 is 5.32 Å². The smallest absolute Gasteiger partial charge is 0.241 e. The van der Waals surface area contributed by atoms with E-state index in [0.717, 1.165) is 31.2 Å². The molecule has 1 saturated carbocycles. The van der Waals surface area contributed by atoms with Crippen LogP contribution in [0.2, 0.25) is 0 Å². The number of nitrogens with one attached hydrogen (secondary N) is 2. The Bertz CT molecular complexity index is 639. The van der Waals surface area contributed by atoms with Crippen LogP contribution >= 0.6 is 0 Å². The lowest BCUT2D eigenvalue weighted by Crippen LogP contribution is -2.41. The number of amides is 1. The molecule has 2 N–H and O–H groups in total. The molecule has 1 amide bonds. The number of rotatable bonds is 5. The van der Waals surface area contributed by atoms with Gasteiger partial charge in [0.2, 0.25) is 15.9 Å². The summed E-state index contributed by atoms with van der Waals surface area (Å²) < 4.78 is 27.3. The number of carbonyl (C=O) groups excluding carboxylic acids is 1. The van der Waals surface area contributed by atoms with Gasteiger partial charge in [0.05, 0.1) is 11.4 Å². The van der Waals surface area contributed by atoms with Crippen molar-refractivity contribution >= 4 is 15.9 Å². The van der Waals surface area contributed by atoms with E-state index in [2.05, 4.69) is 10.0 Å². The summed E-state index contributed by atoms with van der Waals surface area (Å²) in [5.41, 5.74) is 2.41. The van der Waals surface area contributed by atoms with Crippen molar-refractivity contribution in [3.8, 4) is 0 Å². The van der Waals surface area contributed by atoms with Crippen LogP contribution in [-0.2, 0) is 14.8 Å². The van der Waals surface area contributed by atoms with E-state index in [0.29, 0.717) is 11.1 Å². The highest BCUT2D eigenvalue weighted by molar-refractivity contribution is 7.89. The van der Waals surface area contributed by atoms with Crippen molar-refractivity contribution in [1.29, 1.82) is 0 Å². The maximum atomic E-state index is 12.4. The number of hydrogen-bond donors (Lipinski definition) is 2. The van der Waals surface area contributed by atoms with Crippen LogP contribution in [0.25, 0.3) is 0 Å². The summed E-state index contributed by atoms with van der Waals surface area (Å²) in [6, 6.07) is 3.86. The molecule has 5 nitrogen and oxygen atoms in total. The molecule has 2 rings (SSSR count). The Morgan fingerprint density at radius 3 is 2.23 bits per heavy atom. The van der Waals surface area contributed by atoms with E-state index in [9.17, 15) is 13.2 Å². The minimum atomic E-state index is -3.68. The predicted molar refractivity (Wildman–Crippen MR) is 86.2 cm³/mol. The summed E-state index contributed by atoms with van der Waals surface area (Å²) in [5.74, 6) is -0.266. The third kappa shape index (κ3) is 4.08. The summed E-state index contributed by atoms with van der Waals surface area (Å²) in [7, 11) is -3.68. The minimum absolute atomic E-state index is 0.194. The van der Waals surface area contributed by atoms with Crippen molar-refractivity contribution in [3.63, 3.8) is 0 Å². The average Bonchev–Trinajstić information content (AvgIpc) is 2.87. The molecule has 0 unspecified atom stereocenters. The molecular formula is C16H24N2O3S. The van der Waals surface area contributed by atoms with Crippen LogP contribution in [0.3, 0.4) is 0 Å². The molecule has 0 heterocycles. The molecule has 1 aliphatic carbocycles. The van der Waals surface area contributed by atoms with Crippen molar-refractivity contribution in [2.24, 2.45) is 0 Å². The lowest BCUT2D eigenvalue weighted by molar-refractivity contribution is -0.120. The number of aryl methyl sites for hydroxylation is 3. The van der Waals surface area contributed by atoms with E-state index in [1.807, 2.05) is 19.1 Å². The van der Waals surface area contributed by atoms with Gasteiger partial charge in [-0.25, -0.2) is 13.1 Å². The lowest BCUT2D eigenvalue weighted by atomic mass is 10.1. The molecule has 1 aliphatic rings. The zero-order valence-electron chi connectivity index (χ0n) is 13.4. The Morgan fingerprint density at radius 2 is 1.68 bits per heavy atom. The first-order valence-corrected chi connectivity index (χ1v) is 9.15. The molecule has 0 aliphatic heterocycles. The Hall–Kier alpha value is -1.40. The van der Waals surface area contributed by atoms with Crippen LogP contribution in [0.1, 0.15) is 42.4 Å². The maximum absolute atomic E-state index is 12.4. The second-order valence-electron chi connectivity index (χ2n) is 6.10. The Balaban J connectivity index is 2.03. The maximum Gasteiger partial charge on any atom is 0.241 e. The van der Waals surface area contributed by atoms with Crippen LogP contribution in [0.5, 0.6) is 0 Å². The Labute approximate surface area is 132 Å². The molecule has 0 bridgehead atoms. The molecule has 1 aromatic rings. The van der Waals surface area contributed by atoms with Gasteiger partial charge in [-0.1, -0.05) is 30.5 Å². The summed E-state index contributed by atoms with van der Waals surface area (Å²) in [6.45, 7) is 5.25. The third-order valence-electron chi connectivity index (χ3n) is 4.02. The van der Waals surface area contributed by atoms with Crippen molar-refractivity contribution in [2.45, 2.75) is 57.4 Å². The molecule has 0 saturated heterocycles. The van der Waals surface area contributed by atoms with Crippen molar-refractivity contribution in [3.05, 3.63) is 28.8 Å². The standard InChI is InChI=1S/C16H24N2O3S/c1-11-8-12(2)16(13(3)9-11)22(20,21)17-10-15(19)18-14-6-4-5-7-14/h8-9,14,17H,4-7,10H2,1-3H3,(H,18,19). The molecule has 0 spiro atoms. The molecule has 1 fully saturated rings. The third-order valence-corrected chi connectivity index (χ3v) is 5.72. The normalized spacial score (nSPS) is 16.0. The summed E-state index contributed by atoms with van der Waals surface area (Å²) in [6.07, 6.45) is 4.21. The summed E-state index contributed by atoms with van der Waals surface area (Å²) in [4.78, 5) is 12.1. The van der Waals surface area contributed by atoms with E-state index in [4.69, 9.17) is 0 Å². The zero-order valence-corrected chi connectivity index (χ0v) is 14.2. The lowest BCUT2D eigenvalue weighted by Gasteiger charge is -2.15. The van der Waals surface area contributed by atoms with E-state index in [1.54, 1.807) is 13.8 Å². The van der Waals surface area contributed by atoms with E-state index in [-0.39, 0.29) is 23.4 Å². The topological polar surface area (TPSA) is 75.3 Å². The fourth-order valence-corrected chi connectivity index (χ4v) is 4.60. The molecule has 0 atom stereocenters. The number of sulfonamides is 1. The number of carbonyl (C=O) groups is 1. The molecule has 6 heteroatoms. The largest absolute Gasteiger partial charge is 0.352 e. The Kier molecular flexibility index (Phi) is 5.24. The van der Waals surface area contributed by atoms with Crippen LogP contribution in [0.15, 0.2) is 17.0 Å². The number of hydrogen-bond acceptors (Lipinski definition) is 3. The molecule has 22 heavy (non-hydrogen) atoms. The number of benzene rings is 1. The highest BCUT2D eigenvalue weighted by atomic mass is 32.2. The second kappa shape index (κ2) is 6.79. The molecule has 1 aromatic carbocycles. The quantitative estimate of drug-likeness (QED) is 0.869. The van der Waals surface area contributed by atoms with Crippen molar-refractivity contribution < 1.29 is 13.2 Å². The van der Waals surface area contributed by atoms with Crippen LogP contribution in [0.4, 0.5) is 0 Å². The highest BCUT2D eigenvalue weighted by Crippen LogP contribution is 2.21. The molecule has 0 radical (unpaired) electrons. The van der Waals surface area contributed by atoms with Gasteiger partial charge in [0, 0.05) is 6.04 Å². The highest BCUT2D eigenvalue weighted by Gasteiger charge is 2.22. The van der Waals surface area contributed by atoms with Crippen LogP contribution in [-0.4, -0.2) is 26.9 Å². The fraction of sp³-hybridized carbons (Fsp3) is 0.562. The monoisotopic (exact) mass is 324 g/mol. The molecular weight excluding hydrogens is 300 g/mol. The van der Waals surface area contributed by atoms with Gasteiger partial charge in [-0.15, -0.1) is 0 Å². The van der Waals surface area contributed by atoms with Gasteiger partial charge in [0.15, 0.2) is 0 Å². The van der Waals surface area contributed by atoms with Gasteiger partial charge in [0.25, 0.3) is 0 Å². The zero-order chi connectivity index (χ0) is 16.3. The first-order chi connectivity index (χ1) is 10.3. The van der Waals surface area contributed by atoms with Gasteiger partial charge in [-0.05, 0) is 44.7 Å². The van der Waals surface area contributed by atoms with Crippen molar-refractivity contribution in [1.82, 2.24) is 10.0 Å². The SMILES string of the molecule is Cc1cc(C)c(S(=O)(=O)NCC(=O)NC2CCCC2)c(C)c1. The van der Waals surface area contributed by atoms with E-state index >= 15 is 0 Å². The summed E-state index contributed by atoms with van der Waals surface area (Å²) in [5, 5.41) is 2.88. The molecule has 122 valence electrons. The summed E-state index contributed by atoms with van der Waals surface area (Å²) >= 11 is 0. The van der Waals surface area contributed by atoms with Gasteiger partial charge in [-0.2, -0.15) is 0 Å². The first kappa shape index (κ1) is 17.0. The van der Waals surface area contributed by atoms with Crippen LogP contribution in [0, 0.1) is 20.8 Å².